The Labute approximate surface area is 135 Å². The fourth-order valence-corrected chi connectivity index (χ4v) is 2.40. The minimum absolute atomic E-state index is 0.381. The second-order valence-corrected chi connectivity index (χ2v) is 5.29. The van der Waals surface area contributed by atoms with Crippen molar-refractivity contribution in [3.63, 3.8) is 0 Å². The van der Waals surface area contributed by atoms with Gasteiger partial charge in [-0.25, -0.2) is 0 Å². The van der Waals surface area contributed by atoms with Crippen LogP contribution < -0.4 is 10.1 Å². The average molecular weight is 319 g/mol. The maximum absolute atomic E-state index is 12.0. The number of amides is 3. The van der Waals surface area contributed by atoms with Gasteiger partial charge in [0.15, 0.2) is 0 Å². The SMILES string of the molecule is COc1cccc(CCNC(=O)C(=O)N2CCN(C=O)CC2)c1. The quantitative estimate of drug-likeness (QED) is 0.595. The average Bonchev–Trinajstić information content (AvgIpc) is 2.61. The van der Waals surface area contributed by atoms with Crippen LogP contribution in [-0.4, -0.2) is 67.9 Å². The van der Waals surface area contributed by atoms with Crippen molar-refractivity contribution >= 4 is 18.2 Å². The summed E-state index contributed by atoms with van der Waals surface area (Å²) in [5.41, 5.74) is 1.02. The highest BCUT2D eigenvalue weighted by Gasteiger charge is 2.25. The van der Waals surface area contributed by atoms with E-state index in [1.54, 1.807) is 12.0 Å². The molecule has 1 aromatic carbocycles. The molecule has 0 spiro atoms. The number of hydrogen-bond acceptors (Lipinski definition) is 4. The van der Waals surface area contributed by atoms with Gasteiger partial charge in [-0.3, -0.25) is 14.4 Å². The first kappa shape index (κ1) is 16.8. The molecule has 1 heterocycles. The van der Waals surface area contributed by atoms with Crippen LogP contribution in [0.2, 0.25) is 0 Å². The molecule has 1 aliphatic heterocycles. The molecule has 1 aromatic rings. The van der Waals surface area contributed by atoms with Gasteiger partial charge in [-0.05, 0) is 24.1 Å². The maximum Gasteiger partial charge on any atom is 0.312 e. The number of methoxy groups -OCH3 is 1. The summed E-state index contributed by atoms with van der Waals surface area (Å²) in [4.78, 5) is 37.6. The Balaban J connectivity index is 1.76. The number of carbonyl (C=O) groups is 3. The molecule has 1 N–H and O–H groups in total. The smallest absolute Gasteiger partial charge is 0.312 e. The molecule has 1 aliphatic rings. The molecule has 124 valence electrons. The van der Waals surface area contributed by atoms with Crippen molar-refractivity contribution in [3.8, 4) is 5.75 Å². The summed E-state index contributed by atoms with van der Waals surface area (Å²) in [6.07, 6.45) is 1.38. The van der Waals surface area contributed by atoms with Gasteiger partial charge in [0.2, 0.25) is 6.41 Å². The molecular weight excluding hydrogens is 298 g/mol. The molecule has 23 heavy (non-hydrogen) atoms. The van der Waals surface area contributed by atoms with E-state index in [0.717, 1.165) is 17.7 Å². The van der Waals surface area contributed by atoms with E-state index in [-0.39, 0.29) is 0 Å². The molecule has 1 saturated heterocycles. The van der Waals surface area contributed by atoms with Gasteiger partial charge in [-0.2, -0.15) is 0 Å². The normalized spacial score (nSPS) is 14.3. The Hall–Kier alpha value is -2.57. The zero-order valence-corrected chi connectivity index (χ0v) is 13.2. The van der Waals surface area contributed by atoms with Crippen LogP contribution in [0.1, 0.15) is 5.56 Å². The number of nitrogens with one attached hydrogen (secondary N) is 1. The Kier molecular flexibility index (Phi) is 5.96. The minimum Gasteiger partial charge on any atom is -0.497 e. The van der Waals surface area contributed by atoms with E-state index >= 15 is 0 Å². The van der Waals surface area contributed by atoms with Crippen LogP contribution in [0.25, 0.3) is 0 Å². The van der Waals surface area contributed by atoms with E-state index < -0.39 is 11.8 Å². The molecule has 0 unspecified atom stereocenters. The first-order chi connectivity index (χ1) is 11.1. The molecular formula is C16H21N3O4. The van der Waals surface area contributed by atoms with Crippen molar-refractivity contribution in [1.29, 1.82) is 0 Å². The fraction of sp³-hybridized carbons (Fsp3) is 0.438. The summed E-state index contributed by atoms with van der Waals surface area (Å²) in [5.74, 6) is -0.383. The number of benzene rings is 1. The summed E-state index contributed by atoms with van der Waals surface area (Å²) in [7, 11) is 1.60. The van der Waals surface area contributed by atoms with E-state index in [9.17, 15) is 14.4 Å². The number of rotatable bonds is 5. The second kappa shape index (κ2) is 8.17. The van der Waals surface area contributed by atoms with Crippen molar-refractivity contribution in [1.82, 2.24) is 15.1 Å². The molecule has 2 rings (SSSR count). The van der Waals surface area contributed by atoms with Crippen LogP contribution in [0.5, 0.6) is 5.75 Å². The van der Waals surface area contributed by atoms with Gasteiger partial charge in [0.05, 0.1) is 7.11 Å². The molecule has 0 saturated carbocycles. The molecule has 3 amide bonds. The van der Waals surface area contributed by atoms with Crippen LogP contribution >= 0.6 is 0 Å². The van der Waals surface area contributed by atoms with Gasteiger partial charge in [0, 0.05) is 32.7 Å². The van der Waals surface area contributed by atoms with Crippen LogP contribution in [0.3, 0.4) is 0 Å². The van der Waals surface area contributed by atoms with Gasteiger partial charge in [0.25, 0.3) is 0 Å². The van der Waals surface area contributed by atoms with Crippen LogP contribution in [-0.2, 0) is 20.8 Å². The van der Waals surface area contributed by atoms with Gasteiger partial charge in [-0.15, -0.1) is 0 Å². The van der Waals surface area contributed by atoms with Crippen LogP contribution in [0, 0.1) is 0 Å². The molecule has 7 nitrogen and oxygen atoms in total. The van der Waals surface area contributed by atoms with E-state index in [0.29, 0.717) is 39.1 Å². The predicted molar refractivity (Wildman–Crippen MR) is 83.9 cm³/mol. The van der Waals surface area contributed by atoms with Gasteiger partial charge >= 0.3 is 11.8 Å². The predicted octanol–water partition coefficient (Wildman–Crippen LogP) is -0.345. The molecule has 0 atom stereocenters. The summed E-state index contributed by atoms with van der Waals surface area (Å²) in [6.45, 7) is 2.09. The molecule has 0 bridgehead atoms. The van der Waals surface area contributed by atoms with Crippen molar-refractivity contribution in [3.05, 3.63) is 29.8 Å². The number of carbonyl (C=O) groups excluding carboxylic acids is 3. The maximum atomic E-state index is 12.0. The van der Waals surface area contributed by atoms with E-state index in [2.05, 4.69) is 5.32 Å². The summed E-state index contributed by atoms with van der Waals surface area (Å²) in [6, 6.07) is 7.57. The van der Waals surface area contributed by atoms with Crippen molar-refractivity contribution < 1.29 is 19.1 Å². The number of hydrogen-bond donors (Lipinski definition) is 1. The largest absolute Gasteiger partial charge is 0.497 e. The zero-order valence-electron chi connectivity index (χ0n) is 13.2. The number of piperazine rings is 1. The Morgan fingerprint density at radius 1 is 1.26 bits per heavy atom. The van der Waals surface area contributed by atoms with Crippen molar-refractivity contribution in [2.45, 2.75) is 6.42 Å². The lowest BCUT2D eigenvalue weighted by atomic mass is 10.1. The zero-order chi connectivity index (χ0) is 16.7. The third kappa shape index (κ3) is 4.70. The standard InChI is InChI=1S/C16H21N3O4/c1-23-14-4-2-3-13(11-14)5-6-17-15(21)16(22)19-9-7-18(12-20)8-10-19/h2-4,11-12H,5-10H2,1H3,(H,17,21). The fourth-order valence-electron chi connectivity index (χ4n) is 2.40. The van der Waals surface area contributed by atoms with Gasteiger partial charge in [0.1, 0.15) is 5.75 Å². The lowest BCUT2D eigenvalue weighted by molar-refractivity contribution is -0.147. The summed E-state index contributed by atoms with van der Waals surface area (Å²) >= 11 is 0. The van der Waals surface area contributed by atoms with Gasteiger partial charge in [-0.1, -0.05) is 12.1 Å². The number of nitrogens with zero attached hydrogens (tertiary/aromatic N) is 2. The van der Waals surface area contributed by atoms with Gasteiger partial charge < -0.3 is 19.9 Å². The Morgan fingerprint density at radius 3 is 2.65 bits per heavy atom. The van der Waals surface area contributed by atoms with Crippen LogP contribution in [0.4, 0.5) is 0 Å². The first-order valence-corrected chi connectivity index (χ1v) is 7.53. The van der Waals surface area contributed by atoms with E-state index in [4.69, 9.17) is 4.74 Å². The topological polar surface area (TPSA) is 79.0 Å². The number of ether oxygens (including phenoxy) is 1. The molecule has 7 heteroatoms. The highest BCUT2D eigenvalue weighted by atomic mass is 16.5. The molecule has 1 fully saturated rings. The highest BCUT2D eigenvalue weighted by Crippen LogP contribution is 2.12. The van der Waals surface area contributed by atoms with E-state index in [1.165, 1.54) is 4.90 Å². The van der Waals surface area contributed by atoms with Crippen molar-refractivity contribution in [2.24, 2.45) is 0 Å². The summed E-state index contributed by atoms with van der Waals surface area (Å²) in [5, 5.41) is 2.64. The van der Waals surface area contributed by atoms with E-state index in [1.807, 2.05) is 24.3 Å². The third-order valence-electron chi connectivity index (χ3n) is 3.78. The third-order valence-corrected chi connectivity index (χ3v) is 3.78. The monoisotopic (exact) mass is 319 g/mol. The molecule has 0 aliphatic carbocycles. The molecule has 0 radical (unpaired) electrons. The lowest BCUT2D eigenvalue weighted by Gasteiger charge is -2.31. The second-order valence-electron chi connectivity index (χ2n) is 5.29. The lowest BCUT2D eigenvalue weighted by Crippen LogP contribution is -2.52. The van der Waals surface area contributed by atoms with Crippen LogP contribution in [0.15, 0.2) is 24.3 Å². The Morgan fingerprint density at radius 2 is 2.00 bits per heavy atom. The minimum atomic E-state index is -0.604. The first-order valence-electron chi connectivity index (χ1n) is 7.53. The summed E-state index contributed by atoms with van der Waals surface area (Å²) < 4.78 is 5.14. The molecule has 0 aromatic heterocycles. The highest BCUT2D eigenvalue weighted by molar-refractivity contribution is 6.35. The van der Waals surface area contributed by atoms with Crippen molar-refractivity contribution in [2.75, 3.05) is 39.8 Å². The Bertz CT molecular complexity index is 568.